The maximum absolute atomic E-state index is 12.7. The predicted octanol–water partition coefficient (Wildman–Crippen LogP) is 3.23. The number of aryl methyl sites for hydroxylation is 2. The number of hydrogen-bond acceptors (Lipinski definition) is 5. The third kappa shape index (κ3) is 3.95. The predicted molar refractivity (Wildman–Crippen MR) is 102 cm³/mol. The lowest BCUT2D eigenvalue weighted by molar-refractivity contribution is -0.138. The highest BCUT2D eigenvalue weighted by atomic mass is 16.5. The zero-order valence-corrected chi connectivity index (χ0v) is 15.8. The molecular weight excluding hydrogens is 342 g/mol. The van der Waals surface area contributed by atoms with Gasteiger partial charge in [-0.3, -0.25) is 4.79 Å². The summed E-state index contributed by atoms with van der Waals surface area (Å²) in [7, 11) is 3.26. The van der Waals surface area contributed by atoms with Gasteiger partial charge < -0.3 is 9.64 Å². The molecule has 0 aliphatic heterocycles. The van der Waals surface area contributed by atoms with Crippen molar-refractivity contribution >= 4 is 22.9 Å². The van der Waals surface area contributed by atoms with E-state index in [4.69, 9.17) is 4.74 Å². The number of nitrogens with zero attached hydrogens (tertiary/aromatic N) is 3. The quantitative estimate of drug-likeness (QED) is 0.666. The maximum atomic E-state index is 12.7. The van der Waals surface area contributed by atoms with Crippen LogP contribution in [0.5, 0.6) is 0 Å². The van der Waals surface area contributed by atoms with Crippen molar-refractivity contribution < 1.29 is 14.3 Å². The number of ether oxygens (including phenoxy) is 1. The fraction of sp³-hybridized carbons (Fsp3) is 0.238. The Labute approximate surface area is 157 Å². The standard InChI is InChI=1S/C21H21N3O3/c1-13-14(2)23-18-12-16(10-11-17(18)22-13)21(26)27-19(20(25)24(3)4)15-8-6-5-7-9-15/h5-12,19H,1-4H3/t19-/m1/s1. The van der Waals surface area contributed by atoms with E-state index in [9.17, 15) is 9.59 Å². The molecule has 0 bridgehead atoms. The molecule has 0 spiro atoms. The number of fused-ring (bicyclic) bond motifs is 1. The number of carbonyl (C=O) groups is 2. The molecule has 0 saturated heterocycles. The fourth-order valence-corrected chi connectivity index (χ4v) is 2.66. The van der Waals surface area contributed by atoms with Gasteiger partial charge in [-0.2, -0.15) is 0 Å². The van der Waals surface area contributed by atoms with Gasteiger partial charge in [0.2, 0.25) is 6.10 Å². The maximum Gasteiger partial charge on any atom is 0.339 e. The van der Waals surface area contributed by atoms with E-state index in [1.165, 1.54) is 4.90 Å². The third-order valence-corrected chi connectivity index (χ3v) is 4.30. The molecule has 1 amide bonds. The molecule has 1 atom stereocenters. The highest BCUT2D eigenvalue weighted by Gasteiger charge is 2.27. The Hall–Kier alpha value is -3.28. The van der Waals surface area contributed by atoms with Gasteiger partial charge >= 0.3 is 5.97 Å². The van der Waals surface area contributed by atoms with Crippen LogP contribution in [-0.4, -0.2) is 40.8 Å². The summed E-state index contributed by atoms with van der Waals surface area (Å²) in [6.07, 6.45) is -1.00. The summed E-state index contributed by atoms with van der Waals surface area (Å²) in [5.41, 5.74) is 3.92. The second kappa shape index (κ2) is 7.53. The lowest BCUT2D eigenvalue weighted by Crippen LogP contribution is -2.31. The van der Waals surface area contributed by atoms with E-state index < -0.39 is 12.1 Å². The van der Waals surface area contributed by atoms with Crippen LogP contribution in [0.4, 0.5) is 0 Å². The van der Waals surface area contributed by atoms with E-state index in [0.29, 0.717) is 22.2 Å². The zero-order chi connectivity index (χ0) is 19.6. The molecular formula is C21H21N3O3. The summed E-state index contributed by atoms with van der Waals surface area (Å²) in [5.74, 6) is -0.886. The minimum Gasteiger partial charge on any atom is -0.444 e. The normalized spacial score (nSPS) is 11.9. The van der Waals surface area contributed by atoms with Gasteiger partial charge in [-0.15, -0.1) is 0 Å². The molecule has 0 fully saturated rings. The number of carbonyl (C=O) groups excluding carboxylic acids is 2. The summed E-state index contributed by atoms with van der Waals surface area (Å²) in [5, 5.41) is 0. The molecule has 6 heteroatoms. The van der Waals surface area contributed by atoms with Gasteiger partial charge in [0.05, 0.1) is 28.0 Å². The molecule has 138 valence electrons. The number of likely N-dealkylation sites (N-methyl/N-ethyl adjacent to an activating group) is 1. The van der Waals surface area contributed by atoms with Gasteiger partial charge in [-0.05, 0) is 32.0 Å². The molecule has 0 aliphatic carbocycles. The first kappa shape index (κ1) is 18.5. The monoisotopic (exact) mass is 363 g/mol. The lowest BCUT2D eigenvalue weighted by atomic mass is 10.1. The molecule has 3 rings (SSSR count). The Balaban J connectivity index is 1.92. The highest BCUT2D eigenvalue weighted by molar-refractivity contribution is 5.95. The van der Waals surface area contributed by atoms with Crippen molar-refractivity contribution in [3.63, 3.8) is 0 Å². The number of aromatic nitrogens is 2. The fourth-order valence-electron chi connectivity index (χ4n) is 2.66. The summed E-state index contributed by atoms with van der Waals surface area (Å²) < 4.78 is 5.57. The molecule has 6 nitrogen and oxygen atoms in total. The van der Waals surface area contributed by atoms with Gasteiger partial charge in [0.1, 0.15) is 0 Å². The van der Waals surface area contributed by atoms with Crippen LogP contribution in [0.1, 0.15) is 33.4 Å². The van der Waals surface area contributed by atoms with Crippen LogP contribution in [0.3, 0.4) is 0 Å². The van der Waals surface area contributed by atoms with Crippen LogP contribution in [0.2, 0.25) is 0 Å². The molecule has 0 unspecified atom stereocenters. The average molecular weight is 363 g/mol. The molecule has 0 N–H and O–H groups in total. The molecule has 1 aromatic heterocycles. The summed E-state index contributed by atoms with van der Waals surface area (Å²) in [4.78, 5) is 35.6. The highest BCUT2D eigenvalue weighted by Crippen LogP contribution is 2.22. The number of rotatable bonds is 4. The van der Waals surface area contributed by atoms with Crippen molar-refractivity contribution in [1.29, 1.82) is 0 Å². The summed E-state index contributed by atoms with van der Waals surface area (Å²) in [6, 6.07) is 14.0. The van der Waals surface area contributed by atoms with Crippen LogP contribution >= 0.6 is 0 Å². The van der Waals surface area contributed by atoms with Crippen LogP contribution in [0.15, 0.2) is 48.5 Å². The van der Waals surface area contributed by atoms with Crippen molar-refractivity contribution in [2.24, 2.45) is 0 Å². The Kier molecular flexibility index (Phi) is 5.16. The van der Waals surface area contributed by atoms with Gasteiger partial charge in [-0.25, -0.2) is 14.8 Å². The molecule has 1 heterocycles. The first-order chi connectivity index (χ1) is 12.9. The van der Waals surface area contributed by atoms with Crippen molar-refractivity contribution in [2.45, 2.75) is 20.0 Å². The van der Waals surface area contributed by atoms with Gasteiger partial charge in [-0.1, -0.05) is 30.3 Å². The van der Waals surface area contributed by atoms with E-state index >= 15 is 0 Å². The van der Waals surface area contributed by atoms with Crippen molar-refractivity contribution in [3.8, 4) is 0 Å². The smallest absolute Gasteiger partial charge is 0.339 e. The minimum absolute atomic E-state index is 0.304. The van der Waals surface area contributed by atoms with Crippen molar-refractivity contribution in [1.82, 2.24) is 14.9 Å². The Bertz CT molecular complexity index is 1000. The van der Waals surface area contributed by atoms with Gasteiger partial charge in [0, 0.05) is 19.7 Å². The number of benzene rings is 2. The molecule has 27 heavy (non-hydrogen) atoms. The van der Waals surface area contributed by atoms with Crippen LogP contribution in [0, 0.1) is 13.8 Å². The average Bonchev–Trinajstić information content (AvgIpc) is 2.66. The third-order valence-electron chi connectivity index (χ3n) is 4.30. The molecule has 0 saturated carbocycles. The van der Waals surface area contributed by atoms with E-state index in [2.05, 4.69) is 9.97 Å². The second-order valence-corrected chi connectivity index (χ2v) is 6.53. The second-order valence-electron chi connectivity index (χ2n) is 6.53. The molecule has 3 aromatic rings. The van der Waals surface area contributed by atoms with Crippen LogP contribution < -0.4 is 0 Å². The number of hydrogen-bond donors (Lipinski definition) is 0. The largest absolute Gasteiger partial charge is 0.444 e. The lowest BCUT2D eigenvalue weighted by Gasteiger charge is -2.21. The Morgan fingerprint density at radius 3 is 2.19 bits per heavy atom. The summed E-state index contributed by atoms with van der Waals surface area (Å²) in [6.45, 7) is 3.76. The summed E-state index contributed by atoms with van der Waals surface area (Å²) >= 11 is 0. The van der Waals surface area contributed by atoms with Crippen LogP contribution in [0.25, 0.3) is 11.0 Å². The van der Waals surface area contributed by atoms with Gasteiger partial charge in [0.25, 0.3) is 5.91 Å². The van der Waals surface area contributed by atoms with Crippen molar-refractivity contribution in [3.05, 3.63) is 71.0 Å². The number of amides is 1. The number of esters is 1. The topological polar surface area (TPSA) is 72.4 Å². The molecule has 2 aromatic carbocycles. The molecule has 0 radical (unpaired) electrons. The van der Waals surface area contributed by atoms with E-state index in [-0.39, 0.29) is 5.91 Å². The first-order valence-corrected chi connectivity index (χ1v) is 8.59. The zero-order valence-electron chi connectivity index (χ0n) is 15.8. The Morgan fingerprint density at radius 1 is 0.926 bits per heavy atom. The minimum atomic E-state index is -1.00. The van der Waals surface area contributed by atoms with Crippen LogP contribution in [-0.2, 0) is 9.53 Å². The van der Waals surface area contributed by atoms with E-state index in [1.807, 2.05) is 19.9 Å². The van der Waals surface area contributed by atoms with E-state index in [1.54, 1.807) is 56.6 Å². The SMILES string of the molecule is Cc1nc2ccc(C(=O)O[C@@H](C(=O)N(C)C)c3ccccc3)cc2nc1C. The first-order valence-electron chi connectivity index (χ1n) is 8.59. The Morgan fingerprint density at radius 2 is 1.56 bits per heavy atom. The van der Waals surface area contributed by atoms with E-state index in [0.717, 1.165) is 11.4 Å². The molecule has 0 aliphatic rings. The van der Waals surface area contributed by atoms with Crippen molar-refractivity contribution in [2.75, 3.05) is 14.1 Å². The van der Waals surface area contributed by atoms with Gasteiger partial charge in [0.15, 0.2) is 0 Å².